The molecule has 7 nitrogen and oxygen atoms in total. The summed E-state index contributed by atoms with van der Waals surface area (Å²) in [7, 11) is -3.72. The van der Waals surface area contributed by atoms with Crippen molar-refractivity contribution in [1.29, 1.82) is 0 Å². The molecule has 0 saturated heterocycles. The third-order valence-corrected chi connectivity index (χ3v) is 5.97. The smallest absolute Gasteiger partial charge is 0.248 e. The SMILES string of the molecule is O=C(/C=C/c1cccnc1)Nc1ccc(S(=O)(=O)c2ccc3c(c2)OCO3)cc1. The van der Waals surface area contributed by atoms with Crippen molar-refractivity contribution in [2.24, 2.45) is 0 Å². The minimum Gasteiger partial charge on any atom is -0.454 e. The lowest BCUT2D eigenvalue weighted by Gasteiger charge is -2.07. The number of carbonyl (C=O) groups is 1. The molecule has 2 heterocycles. The lowest BCUT2D eigenvalue weighted by molar-refractivity contribution is -0.111. The summed E-state index contributed by atoms with van der Waals surface area (Å²) >= 11 is 0. The van der Waals surface area contributed by atoms with Gasteiger partial charge in [0, 0.05) is 30.2 Å². The zero-order valence-electron chi connectivity index (χ0n) is 15.1. The van der Waals surface area contributed by atoms with E-state index in [1.165, 1.54) is 42.5 Å². The molecule has 1 aliphatic heterocycles. The first kappa shape index (κ1) is 18.7. The maximum atomic E-state index is 12.8. The fourth-order valence-corrected chi connectivity index (χ4v) is 4.00. The van der Waals surface area contributed by atoms with Crippen LogP contribution < -0.4 is 14.8 Å². The Balaban J connectivity index is 1.47. The van der Waals surface area contributed by atoms with Gasteiger partial charge in [0.25, 0.3) is 0 Å². The molecule has 1 N–H and O–H groups in total. The van der Waals surface area contributed by atoms with Gasteiger partial charge in [0.05, 0.1) is 9.79 Å². The van der Waals surface area contributed by atoms with Crippen LogP contribution in [0.4, 0.5) is 5.69 Å². The summed E-state index contributed by atoms with van der Waals surface area (Å²) in [4.78, 5) is 16.2. The monoisotopic (exact) mass is 408 g/mol. The molecule has 0 bridgehead atoms. The van der Waals surface area contributed by atoms with Crippen LogP contribution in [-0.4, -0.2) is 26.1 Å². The molecule has 4 rings (SSSR count). The van der Waals surface area contributed by atoms with E-state index in [1.54, 1.807) is 30.6 Å². The average Bonchev–Trinajstić information content (AvgIpc) is 3.21. The van der Waals surface area contributed by atoms with Crippen molar-refractivity contribution >= 4 is 27.5 Å². The molecule has 1 aliphatic rings. The van der Waals surface area contributed by atoms with Gasteiger partial charge in [-0.05, 0) is 54.1 Å². The zero-order chi connectivity index (χ0) is 20.3. The van der Waals surface area contributed by atoms with Crippen LogP contribution in [0, 0.1) is 0 Å². The number of sulfone groups is 1. The molecular formula is C21H16N2O5S. The van der Waals surface area contributed by atoms with E-state index >= 15 is 0 Å². The number of amides is 1. The molecule has 146 valence electrons. The predicted molar refractivity (Wildman–Crippen MR) is 106 cm³/mol. The number of nitrogens with one attached hydrogen (secondary N) is 1. The minimum absolute atomic E-state index is 0.0719. The van der Waals surface area contributed by atoms with Gasteiger partial charge in [-0.3, -0.25) is 9.78 Å². The summed E-state index contributed by atoms with van der Waals surface area (Å²) in [6.07, 6.45) is 6.31. The van der Waals surface area contributed by atoms with Crippen LogP contribution in [-0.2, 0) is 14.6 Å². The standard InChI is InChI=1S/C21H16N2O5S/c24-21(10-3-15-2-1-11-22-13-15)23-16-4-6-17(7-5-16)29(25,26)18-8-9-19-20(12-18)28-14-27-19/h1-13H,14H2,(H,23,24)/b10-3+. The first-order valence-electron chi connectivity index (χ1n) is 8.66. The third kappa shape index (κ3) is 4.12. The summed E-state index contributed by atoms with van der Waals surface area (Å²) in [5, 5.41) is 2.69. The van der Waals surface area contributed by atoms with Crippen LogP contribution in [0.15, 0.2) is 82.9 Å². The van der Waals surface area contributed by atoms with Crippen molar-refractivity contribution in [3.63, 3.8) is 0 Å². The Morgan fingerprint density at radius 1 is 1.00 bits per heavy atom. The van der Waals surface area contributed by atoms with Gasteiger partial charge in [0.1, 0.15) is 0 Å². The Bertz CT molecular complexity index is 1170. The number of ether oxygens (including phenoxy) is 2. The van der Waals surface area contributed by atoms with Crippen LogP contribution >= 0.6 is 0 Å². The Morgan fingerprint density at radius 3 is 2.52 bits per heavy atom. The van der Waals surface area contributed by atoms with E-state index in [0.29, 0.717) is 17.2 Å². The number of benzene rings is 2. The van der Waals surface area contributed by atoms with Crippen LogP contribution in [0.5, 0.6) is 11.5 Å². The number of nitrogens with zero attached hydrogens (tertiary/aromatic N) is 1. The number of aromatic nitrogens is 1. The van der Waals surface area contributed by atoms with Crippen molar-refractivity contribution in [2.45, 2.75) is 9.79 Å². The van der Waals surface area contributed by atoms with Crippen LogP contribution in [0.1, 0.15) is 5.56 Å². The van der Waals surface area contributed by atoms with Gasteiger partial charge in [-0.2, -0.15) is 0 Å². The number of rotatable bonds is 5. The van der Waals surface area contributed by atoms with Crippen molar-refractivity contribution < 1.29 is 22.7 Å². The van der Waals surface area contributed by atoms with Gasteiger partial charge >= 0.3 is 0 Å². The Kier molecular flexibility index (Phi) is 5.01. The molecule has 0 atom stereocenters. The lowest BCUT2D eigenvalue weighted by Crippen LogP contribution is -2.08. The molecule has 0 radical (unpaired) electrons. The van der Waals surface area contributed by atoms with E-state index < -0.39 is 9.84 Å². The summed E-state index contributed by atoms with van der Waals surface area (Å²) in [6, 6.07) is 14.0. The summed E-state index contributed by atoms with van der Waals surface area (Å²) in [6.45, 7) is 0.0719. The largest absolute Gasteiger partial charge is 0.454 e. The number of hydrogen-bond donors (Lipinski definition) is 1. The fraction of sp³-hybridized carbons (Fsp3) is 0.0476. The van der Waals surface area contributed by atoms with Gasteiger partial charge in [-0.25, -0.2) is 8.42 Å². The maximum absolute atomic E-state index is 12.8. The van der Waals surface area contributed by atoms with E-state index in [-0.39, 0.29) is 22.5 Å². The van der Waals surface area contributed by atoms with Crippen molar-refractivity contribution in [1.82, 2.24) is 4.98 Å². The van der Waals surface area contributed by atoms with E-state index in [0.717, 1.165) is 5.56 Å². The zero-order valence-corrected chi connectivity index (χ0v) is 15.9. The fourth-order valence-electron chi connectivity index (χ4n) is 2.73. The topological polar surface area (TPSA) is 94.6 Å². The van der Waals surface area contributed by atoms with E-state index in [1.807, 2.05) is 6.07 Å². The van der Waals surface area contributed by atoms with Crippen molar-refractivity contribution in [3.05, 3.63) is 78.6 Å². The van der Waals surface area contributed by atoms with Gasteiger partial charge in [0.2, 0.25) is 22.5 Å². The molecule has 0 saturated carbocycles. The summed E-state index contributed by atoms with van der Waals surface area (Å²) in [5.74, 6) is 0.581. The second kappa shape index (κ2) is 7.76. The quantitative estimate of drug-likeness (QED) is 0.651. The molecule has 3 aromatic rings. The minimum atomic E-state index is -3.72. The number of anilines is 1. The highest BCUT2D eigenvalue weighted by molar-refractivity contribution is 7.91. The normalized spacial score (nSPS) is 12.8. The summed E-state index contributed by atoms with van der Waals surface area (Å²) < 4.78 is 36.1. The number of pyridine rings is 1. The van der Waals surface area contributed by atoms with Crippen LogP contribution in [0.3, 0.4) is 0 Å². The highest BCUT2D eigenvalue weighted by atomic mass is 32.2. The Morgan fingerprint density at radius 2 is 1.76 bits per heavy atom. The van der Waals surface area contributed by atoms with Gasteiger partial charge in [-0.15, -0.1) is 0 Å². The molecule has 1 amide bonds. The molecule has 1 aromatic heterocycles. The molecule has 29 heavy (non-hydrogen) atoms. The first-order chi connectivity index (χ1) is 14.0. The number of hydrogen-bond acceptors (Lipinski definition) is 6. The average molecular weight is 408 g/mol. The molecule has 0 spiro atoms. The lowest BCUT2D eigenvalue weighted by atomic mass is 10.2. The first-order valence-corrected chi connectivity index (χ1v) is 10.1. The third-order valence-electron chi connectivity index (χ3n) is 4.20. The molecule has 8 heteroatoms. The molecule has 0 aliphatic carbocycles. The maximum Gasteiger partial charge on any atom is 0.248 e. The number of carbonyl (C=O) groups excluding carboxylic acids is 1. The van der Waals surface area contributed by atoms with E-state index in [2.05, 4.69) is 10.3 Å². The van der Waals surface area contributed by atoms with Gasteiger partial charge < -0.3 is 14.8 Å². The Hall–Kier alpha value is -3.65. The van der Waals surface area contributed by atoms with Crippen molar-refractivity contribution in [2.75, 3.05) is 12.1 Å². The van der Waals surface area contributed by atoms with Crippen LogP contribution in [0.25, 0.3) is 6.08 Å². The molecule has 0 unspecified atom stereocenters. The molecule has 2 aromatic carbocycles. The Labute approximate surface area is 167 Å². The second-order valence-corrected chi connectivity index (χ2v) is 8.10. The molecule has 0 fully saturated rings. The van der Waals surface area contributed by atoms with Gasteiger partial charge in [0.15, 0.2) is 11.5 Å². The van der Waals surface area contributed by atoms with Crippen LogP contribution in [0.2, 0.25) is 0 Å². The van der Waals surface area contributed by atoms with E-state index in [9.17, 15) is 13.2 Å². The second-order valence-electron chi connectivity index (χ2n) is 6.15. The highest BCUT2D eigenvalue weighted by Gasteiger charge is 2.22. The number of fused-ring (bicyclic) bond motifs is 1. The highest BCUT2D eigenvalue weighted by Crippen LogP contribution is 2.35. The predicted octanol–water partition coefficient (Wildman–Crippen LogP) is 3.30. The van der Waals surface area contributed by atoms with Gasteiger partial charge in [-0.1, -0.05) is 6.07 Å². The summed E-state index contributed by atoms with van der Waals surface area (Å²) in [5.41, 5.74) is 1.28. The molecular weight excluding hydrogens is 392 g/mol. The van der Waals surface area contributed by atoms with E-state index in [4.69, 9.17) is 9.47 Å². The van der Waals surface area contributed by atoms with Crippen molar-refractivity contribution in [3.8, 4) is 11.5 Å².